The second-order valence-electron chi connectivity index (χ2n) is 6.23. The maximum atomic E-state index is 14.5. The molecule has 29 heavy (non-hydrogen) atoms. The molecule has 1 amide bonds. The Morgan fingerprint density at radius 1 is 1.21 bits per heavy atom. The van der Waals surface area contributed by atoms with Crippen molar-refractivity contribution in [2.75, 3.05) is 11.9 Å². The van der Waals surface area contributed by atoms with E-state index in [-0.39, 0.29) is 26.9 Å². The summed E-state index contributed by atoms with van der Waals surface area (Å²) in [5.41, 5.74) is 0.559. The number of benzene rings is 2. The van der Waals surface area contributed by atoms with Crippen molar-refractivity contribution in [1.82, 2.24) is 5.32 Å². The van der Waals surface area contributed by atoms with Crippen LogP contribution in [0.25, 0.3) is 0 Å². The number of aliphatic imine (C=N–C) groups is 1. The summed E-state index contributed by atoms with van der Waals surface area (Å²) in [6, 6.07) is 8.33. The van der Waals surface area contributed by atoms with Gasteiger partial charge in [0.1, 0.15) is 5.82 Å². The number of nitrogens with one attached hydrogen (secondary N) is 1. The molecule has 3 rings (SSSR count). The summed E-state index contributed by atoms with van der Waals surface area (Å²) in [5.74, 6) is -2.12. The summed E-state index contributed by atoms with van der Waals surface area (Å²) in [6.07, 6.45) is 2.71. The molecule has 2 aromatic rings. The number of amides is 1. The van der Waals surface area contributed by atoms with Crippen LogP contribution in [0.1, 0.15) is 33.6 Å². The highest BCUT2D eigenvalue weighted by molar-refractivity contribution is 6.39. The standard InChI is InChI=1S/C20H16Cl2FN3O3/c1-26(16-8-7-11(20(28)29)10-14(16)23)18-15(6-3-9-24-18)25-19(27)17-12(21)4-2-5-13(17)22/h2,4-5,7-10H,3,6H2,1H3,(H,25,27)(H,28,29). The summed E-state index contributed by atoms with van der Waals surface area (Å²) in [5, 5.41) is 12.2. The molecule has 0 bridgehead atoms. The number of halogens is 3. The summed E-state index contributed by atoms with van der Waals surface area (Å²) < 4.78 is 14.5. The molecule has 1 aliphatic heterocycles. The van der Waals surface area contributed by atoms with Crippen LogP contribution in [0.2, 0.25) is 10.0 Å². The number of nitrogens with zero attached hydrogens (tertiary/aromatic N) is 2. The van der Waals surface area contributed by atoms with Crippen LogP contribution >= 0.6 is 23.2 Å². The molecule has 6 nitrogen and oxygen atoms in total. The molecule has 0 fully saturated rings. The number of carbonyl (C=O) groups is 2. The number of anilines is 1. The van der Waals surface area contributed by atoms with E-state index < -0.39 is 17.7 Å². The average Bonchev–Trinajstić information content (AvgIpc) is 2.67. The van der Waals surface area contributed by atoms with Crippen LogP contribution in [0, 0.1) is 5.82 Å². The van der Waals surface area contributed by atoms with Crippen molar-refractivity contribution in [3.8, 4) is 0 Å². The van der Waals surface area contributed by atoms with Crippen LogP contribution in [-0.4, -0.2) is 30.2 Å². The van der Waals surface area contributed by atoms with Crippen LogP contribution in [0.5, 0.6) is 0 Å². The Bertz CT molecular complexity index is 1030. The lowest BCUT2D eigenvalue weighted by Gasteiger charge is -2.26. The quantitative estimate of drug-likeness (QED) is 0.710. The number of allylic oxidation sites excluding steroid dienone is 1. The fraction of sp³-hybridized carbons (Fsp3) is 0.150. The Labute approximate surface area is 176 Å². The highest BCUT2D eigenvalue weighted by Crippen LogP contribution is 2.28. The molecule has 1 aliphatic rings. The zero-order valence-electron chi connectivity index (χ0n) is 15.2. The van der Waals surface area contributed by atoms with E-state index in [1.54, 1.807) is 31.5 Å². The molecular weight excluding hydrogens is 420 g/mol. The van der Waals surface area contributed by atoms with Crippen molar-refractivity contribution < 1.29 is 19.1 Å². The minimum Gasteiger partial charge on any atom is -0.478 e. The fourth-order valence-corrected chi connectivity index (χ4v) is 3.47. The predicted octanol–water partition coefficient (Wildman–Crippen LogP) is 4.73. The number of carbonyl (C=O) groups excluding carboxylic acids is 1. The number of hydrogen-bond donors (Lipinski definition) is 2. The third-order valence-corrected chi connectivity index (χ3v) is 4.96. The van der Waals surface area contributed by atoms with Crippen molar-refractivity contribution in [2.24, 2.45) is 4.99 Å². The first kappa shape index (κ1) is 20.8. The van der Waals surface area contributed by atoms with E-state index in [0.717, 1.165) is 6.07 Å². The molecule has 2 aromatic carbocycles. The van der Waals surface area contributed by atoms with Gasteiger partial charge in [0.15, 0.2) is 5.82 Å². The lowest BCUT2D eigenvalue weighted by atomic mass is 10.1. The van der Waals surface area contributed by atoms with Gasteiger partial charge in [-0.2, -0.15) is 0 Å². The third kappa shape index (κ3) is 4.41. The summed E-state index contributed by atoms with van der Waals surface area (Å²) in [4.78, 5) is 29.5. The molecule has 9 heteroatoms. The molecule has 2 N–H and O–H groups in total. The summed E-state index contributed by atoms with van der Waals surface area (Å²) in [6.45, 7) is 0. The third-order valence-electron chi connectivity index (χ3n) is 4.33. The number of carboxylic acid groups (broad SMARTS) is 1. The van der Waals surface area contributed by atoms with Gasteiger partial charge in [0.25, 0.3) is 5.91 Å². The minimum absolute atomic E-state index is 0.117. The van der Waals surface area contributed by atoms with E-state index in [2.05, 4.69) is 10.3 Å². The van der Waals surface area contributed by atoms with E-state index in [1.807, 2.05) is 0 Å². The number of hydrogen-bond acceptors (Lipinski definition) is 4. The predicted molar refractivity (Wildman–Crippen MR) is 110 cm³/mol. The number of carboxylic acids is 1. The second-order valence-corrected chi connectivity index (χ2v) is 7.05. The number of rotatable bonds is 5. The van der Waals surface area contributed by atoms with Gasteiger partial charge < -0.3 is 15.3 Å². The van der Waals surface area contributed by atoms with Gasteiger partial charge in [-0.1, -0.05) is 29.3 Å². The highest BCUT2D eigenvalue weighted by Gasteiger charge is 2.22. The molecule has 0 aromatic heterocycles. The Morgan fingerprint density at radius 3 is 2.52 bits per heavy atom. The normalized spacial score (nSPS) is 13.4. The van der Waals surface area contributed by atoms with Crippen LogP contribution in [0.4, 0.5) is 10.1 Å². The number of aromatic carboxylic acids is 1. The van der Waals surface area contributed by atoms with Crippen LogP contribution in [0.3, 0.4) is 0 Å². The summed E-state index contributed by atoms with van der Waals surface area (Å²) >= 11 is 12.2. The molecule has 1 heterocycles. The molecule has 0 aliphatic carbocycles. The molecule has 0 atom stereocenters. The van der Waals surface area contributed by atoms with Crippen LogP contribution < -0.4 is 10.2 Å². The first-order valence-electron chi connectivity index (χ1n) is 8.57. The van der Waals surface area contributed by atoms with Gasteiger partial charge in [-0.25, -0.2) is 14.2 Å². The zero-order chi connectivity index (χ0) is 21.1. The molecular formula is C20H16Cl2FN3O3. The van der Waals surface area contributed by atoms with E-state index in [1.165, 1.54) is 17.0 Å². The first-order chi connectivity index (χ1) is 13.8. The van der Waals surface area contributed by atoms with Gasteiger partial charge in [-0.15, -0.1) is 0 Å². The molecule has 0 radical (unpaired) electrons. The van der Waals surface area contributed by atoms with E-state index >= 15 is 0 Å². The Kier molecular flexibility index (Phi) is 6.20. The second kappa shape index (κ2) is 8.63. The molecule has 0 saturated heterocycles. The van der Waals surface area contributed by atoms with Crippen molar-refractivity contribution in [1.29, 1.82) is 0 Å². The van der Waals surface area contributed by atoms with Gasteiger partial charge in [0.05, 0.1) is 32.6 Å². The molecule has 0 spiro atoms. The first-order valence-corrected chi connectivity index (χ1v) is 9.32. The van der Waals surface area contributed by atoms with Crippen molar-refractivity contribution in [3.05, 3.63) is 74.9 Å². The smallest absolute Gasteiger partial charge is 0.335 e. The molecule has 0 saturated carbocycles. The van der Waals surface area contributed by atoms with Gasteiger partial charge in [0, 0.05) is 13.3 Å². The maximum Gasteiger partial charge on any atom is 0.335 e. The van der Waals surface area contributed by atoms with Crippen LogP contribution in [-0.2, 0) is 0 Å². The van der Waals surface area contributed by atoms with Crippen LogP contribution in [0.15, 0.2) is 52.9 Å². The van der Waals surface area contributed by atoms with Gasteiger partial charge in [0.2, 0.25) is 0 Å². The SMILES string of the molecule is CN(C1=C(NC(=O)c2c(Cl)cccc2Cl)CCC=N1)c1ccc(C(=O)O)cc1F. The lowest BCUT2D eigenvalue weighted by Crippen LogP contribution is -2.30. The fourth-order valence-electron chi connectivity index (χ4n) is 2.90. The zero-order valence-corrected chi connectivity index (χ0v) is 16.8. The van der Waals surface area contributed by atoms with Crippen molar-refractivity contribution in [3.63, 3.8) is 0 Å². The van der Waals surface area contributed by atoms with Crippen molar-refractivity contribution >= 4 is 47.0 Å². The van der Waals surface area contributed by atoms with E-state index in [0.29, 0.717) is 24.4 Å². The van der Waals surface area contributed by atoms with E-state index in [4.69, 9.17) is 28.3 Å². The summed E-state index contributed by atoms with van der Waals surface area (Å²) in [7, 11) is 1.57. The Balaban J connectivity index is 1.95. The van der Waals surface area contributed by atoms with Gasteiger partial charge >= 0.3 is 5.97 Å². The topological polar surface area (TPSA) is 82.0 Å². The average molecular weight is 436 g/mol. The van der Waals surface area contributed by atoms with Gasteiger partial charge in [-0.3, -0.25) is 4.79 Å². The molecule has 150 valence electrons. The highest BCUT2D eigenvalue weighted by atomic mass is 35.5. The minimum atomic E-state index is -1.22. The van der Waals surface area contributed by atoms with Gasteiger partial charge in [-0.05, 0) is 43.2 Å². The lowest BCUT2D eigenvalue weighted by molar-refractivity contribution is 0.0696. The van der Waals surface area contributed by atoms with E-state index in [9.17, 15) is 14.0 Å². The monoisotopic (exact) mass is 435 g/mol. The van der Waals surface area contributed by atoms with Crippen molar-refractivity contribution in [2.45, 2.75) is 12.8 Å². The Hall–Kier alpha value is -2.90. The largest absolute Gasteiger partial charge is 0.478 e. The Morgan fingerprint density at radius 2 is 1.90 bits per heavy atom. The molecule has 0 unspecified atom stereocenters. The maximum absolute atomic E-state index is 14.5.